The zero-order valence-corrected chi connectivity index (χ0v) is 15.3. The predicted octanol–water partition coefficient (Wildman–Crippen LogP) is 1.02. The van der Waals surface area contributed by atoms with E-state index in [-0.39, 0.29) is 35.6 Å². The molecule has 28 heavy (non-hydrogen) atoms. The number of anilines is 3. The number of halogens is 1. The second-order valence-corrected chi connectivity index (χ2v) is 7.36. The van der Waals surface area contributed by atoms with Gasteiger partial charge >= 0.3 is 0 Å². The standard InChI is InChI=1S/C18H22FN7O2/c1-9(27)7-26-8-12(5-22-26)23-18-21-6-13(19)17(25-18)24-15-11-3-2-10(4-11)14(15)16(20)28/h2-3,5-6,8-11,14-15,27H,4,7H2,1H3,(H2,20,28)(H2,21,23,24,25)/t9-,10?,11?,14?,15?/m1/s1. The first-order valence-corrected chi connectivity index (χ1v) is 9.15. The van der Waals surface area contributed by atoms with E-state index in [9.17, 15) is 14.3 Å². The number of hydrogen-bond acceptors (Lipinski definition) is 7. The molecule has 1 amide bonds. The van der Waals surface area contributed by atoms with Crippen LogP contribution in [0.15, 0.2) is 30.7 Å². The molecule has 1 saturated carbocycles. The van der Waals surface area contributed by atoms with Gasteiger partial charge in [0.15, 0.2) is 11.6 Å². The van der Waals surface area contributed by atoms with Gasteiger partial charge < -0.3 is 21.5 Å². The van der Waals surface area contributed by atoms with E-state index in [2.05, 4.69) is 25.7 Å². The van der Waals surface area contributed by atoms with E-state index < -0.39 is 17.8 Å². The van der Waals surface area contributed by atoms with Gasteiger partial charge in [0.05, 0.1) is 36.6 Å². The van der Waals surface area contributed by atoms with Crippen LogP contribution < -0.4 is 16.4 Å². The molecular weight excluding hydrogens is 365 g/mol. The number of aromatic nitrogens is 4. The van der Waals surface area contributed by atoms with Gasteiger partial charge in [-0.15, -0.1) is 0 Å². The monoisotopic (exact) mass is 387 g/mol. The van der Waals surface area contributed by atoms with Crippen LogP contribution in [0.25, 0.3) is 0 Å². The smallest absolute Gasteiger partial charge is 0.229 e. The van der Waals surface area contributed by atoms with Gasteiger partial charge in [0, 0.05) is 12.2 Å². The molecule has 5 atom stereocenters. The highest BCUT2D eigenvalue weighted by atomic mass is 19.1. The Morgan fingerprint density at radius 1 is 1.43 bits per heavy atom. The van der Waals surface area contributed by atoms with E-state index in [0.29, 0.717) is 12.2 Å². The molecule has 4 unspecified atom stereocenters. The highest BCUT2D eigenvalue weighted by molar-refractivity contribution is 5.79. The van der Waals surface area contributed by atoms with E-state index in [0.717, 1.165) is 12.6 Å². The Balaban J connectivity index is 1.50. The maximum absolute atomic E-state index is 14.3. The van der Waals surface area contributed by atoms with Crippen LogP contribution in [0.4, 0.5) is 21.8 Å². The summed E-state index contributed by atoms with van der Waals surface area (Å²) in [6.07, 6.45) is 8.66. The Morgan fingerprint density at radius 3 is 2.96 bits per heavy atom. The largest absolute Gasteiger partial charge is 0.391 e. The lowest BCUT2D eigenvalue weighted by Gasteiger charge is -2.27. The molecule has 2 aromatic heterocycles. The van der Waals surface area contributed by atoms with Crippen LogP contribution in [0.2, 0.25) is 0 Å². The SMILES string of the molecule is C[C@@H](O)Cn1cc(Nc2ncc(F)c(NC3C4C=CC(C4)C3C(N)=O)n2)cn1. The van der Waals surface area contributed by atoms with Gasteiger partial charge in [-0.3, -0.25) is 9.48 Å². The summed E-state index contributed by atoms with van der Waals surface area (Å²) in [5, 5.41) is 19.6. The number of rotatable bonds is 7. The van der Waals surface area contributed by atoms with Crippen molar-refractivity contribution in [2.24, 2.45) is 23.5 Å². The molecule has 148 valence electrons. The third-order valence-corrected chi connectivity index (χ3v) is 5.18. The lowest BCUT2D eigenvalue weighted by molar-refractivity contribution is -0.122. The summed E-state index contributed by atoms with van der Waals surface area (Å²) in [6.45, 7) is 2.02. The summed E-state index contributed by atoms with van der Waals surface area (Å²) in [5.41, 5.74) is 6.16. The van der Waals surface area contributed by atoms with E-state index in [4.69, 9.17) is 5.73 Å². The highest BCUT2D eigenvalue weighted by Gasteiger charge is 2.47. The van der Waals surface area contributed by atoms with Crippen LogP contribution in [0.3, 0.4) is 0 Å². The summed E-state index contributed by atoms with van der Waals surface area (Å²) in [5.74, 6) is -0.979. The fourth-order valence-electron chi connectivity index (χ4n) is 4.02. The minimum atomic E-state index is -0.606. The number of carbonyl (C=O) groups is 1. The van der Waals surface area contributed by atoms with Gasteiger partial charge in [-0.25, -0.2) is 9.37 Å². The van der Waals surface area contributed by atoms with Crippen LogP contribution >= 0.6 is 0 Å². The Morgan fingerprint density at radius 2 is 2.21 bits per heavy atom. The van der Waals surface area contributed by atoms with E-state index in [1.165, 1.54) is 0 Å². The molecule has 0 saturated heterocycles. The number of aliphatic hydroxyl groups excluding tert-OH is 1. The summed E-state index contributed by atoms with van der Waals surface area (Å²) in [4.78, 5) is 20.0. The second-order valence-electron chi connectivity index (χ2n) is 7.36. The van der Waals surface area contributed by atoms with Gasteiger partial charge in [-0.05, 0) is 25.2 Å². The number of nitrogens with two attached hydrogens (primary N) is 1. The van der Waals surface area contributed by atoms with Crippen LogP contribution in [-0.4, -0.2) is 42.9 Å². The van der Waals surface area contributed by atoms with Crippen molar-refractivity contribution >= 4 is 23.4 Å². The van der Waals surface area contributed by atoms with Crippen molar-refractivity contribution in [1.82, 2.24) is 19.7 Å². The normalized spacial score (nSPS) is 26.4. The van der Waals surface area contributed by atoms with E-state index in [1.807, 2.05) is 12.2 Å². The number of carbonyl (C=O) groups excluding carboxylic acids is 1. The molecule has 0 aliphatic heterocycles. The lowest BCUT2D eigenvalue weighted by atomic mass is 9.88. The minimum absolute atomic E-state index is 0.0195. The zero-order valence-electron chi connectivity index (χ0n) is 15.3. The van der Waals surface area contributed by atoms with Crippen molar-refractivity contribution in [1.29, 1.82) is 0 Å². The average Bonchev–Trinajstić information content (AvgIpc) is 3.33. The van der Waals surface area contributed by atoms with E-state index >= 15 is 0 Å². The zero-order chi connectivity index (χ0) is 19.8. The summed E-state index contributed by atoms with van der Waals surface area (Å²) >= 11 is 0. The molecule has 0 aromatic carbocycles. The molecule has 4 rings (SSSR count). The molecule has 2 aliphatic rings. The number of nitrogens with one attached hydrogen (secondary N) is 2. The molecule has 2 heterocycles. The van der Waals surface area contributed by atoms with Crippen LogP contribution in [0.1, 0.15) is 13.3 Å². The highest BCUT2D eigenvalue weighted by Crippen LogP contribution is 2.44. The van der Waals surface area contributed by atoms with Crippen molar-refractivity contribution in [3.05, 3.63) is 36.6 Å². The average molecular weight is 387 g/mol. The second kappa shape index (κ2) is 7.19. The number of primary amides is 1. The first-order valence-electron chi connectivity index (χ1n) is 9.15. The minimum Gasteiger partial charge on any atom is -0.391 e. The molecule has 9 nitrogen and oxygen atoms in total. The Bertz CT molecular complexity index is 913. The Kier molecular flexibility index (Phi) is 4.71. The van der Waals surface area contributed by atoms with E-state index in [1.54, 1.807) is 24.0 Å². The third kappa shape index (κ3) is 3.55. The lowest BCUT2D eigenvalue weighted by Crippen LogP contribution is -2.41. The molecule has 0 radical (unpaired) electrons. The van der Waals surface area contributed by atoms with Crippen molar-refractivity contribution < 1.29 is 14.3 Å². The van der Waals surface area contributed by atoms with Gasteiger partial charge in [-0.2, -0.15) is 10.1 Å². The van der Waals surface area contributed by atoms with Gasteiger partial charge in [-0.1, -0.05) is 12.2 Å². The topological polar surface area (TPSA) is 131 Å². The van der Waals surface area contributed by atoms with Crippen molar-refractivity contribution in [2.45, 2.75) is 32.0 Å². The molecule has 5 N–H and O–H groups in total. The first-order chi connectivity index (χ1) is 13.4. The number of allylic oxidation sites excluding steroid dienone is 1. The van der Waals surface area contributed by atoms with Crippen LogP contribution in [-0.2, 0) is 11.3 Å². The number of aliphatic hydroxyl groups is 1. The fourth-order valence-corrected chi connectivity index (χ4v) is 4.02. The van der Waals surface area contributed by atoms with Crippen LogP contribution in [0, 0.1) is 23.6 Å². The summed E-state index contributed by atoms with van der Waals surface area (Å²) in [6, 6.07) is -0.293. The maximum Gasteiger partial charge on any atom is 0.229 e. The number of hydrogen-bond donors (Lipinski definition) is 4. The molecule has 0 spiro atoms. The van der Waals surface area contributed by atoms with Crippen molar-refractivity contribution in [2.75, 3.05) is 10.6 Å². The Hall–Kier alpha value is -3.01. The quantitative estimate of drug-likeness (QED) is 0.522. The first kappa shape index (κ1) is 18.4. The number of nitrogens with zero attached hydrogens (tertiary/aromatic N) is 4. The summed E-state index contributed by atoms with van der Waals surface area (Å²) < 4.78 is 15.9. The van der Waals surface area contributed by atoms with Crippen molar-refractivity contribution in [3.8, 4) is 0 Å². The van der Waals surface area contributed by atoms with Crippen LogP contribution in [0.5, 0.6) is 0 Å². The third-order valence-electron chi connectivity index (χ3n) is 5.18. The number of amides is 1. The maximum atomic E-state index is 14.3. The molecule has 2 bridgehead atoms. The molecule has 1 fully saturated rings. The van der Waals surface area contributed by atoms with Gasteiger partial charge in [0.1, 0.15) is 0 Å². The predicted molar refractivity (Wildman–Crippen MR) is 100 cm³/mol. The number of fused-ring (bicyclic) bond motifs is 2. The van der Waals surface area contributed by atoms with Gasteiger partial charge in [0.2, 0.25) is 11.9 Å². The molecule has 10 heteroatoms. The fraction of sp³-hybridized carbons (Fsp3) is 0.444. The molecule has 2 aromatic rings. The summed E-state index contributed by atoms with van der Waals surface area (Å²) in [7, 11) is 0. The van der Waals surface area contributed by atoms with Gasteiger partial charge in [0.25, 0.3) is 0 Å². The molecular formula is C18H22FN7O2. The van der Waals surface area contributed by atoms with Crippen molar-refractivity contribution in [3.63, 3.8) is 0 Å². The Labute approximate surface area is 160 Å². The molecule has 2 aliphatic carbocycles.